The van der Waals surface area contributed by atoms with Gasteiger partial charge in [-0.15, -0.1) is 0 Å². The number of para-hydroxylation sites is 1. The maximum Gasteiger partial charge on any atom is 0.317 e. The molecule has 6 rings (SSSR count). The summed E-state index contributed by atoms with van der Waals surface area (Å²) in [7, 11) is 0. The first-order valence-corrected chi connectivity index (χ1v) is 37.7. The summed E-state index contributed by atoms with van der Waals surface area (Å²) in [6, 6.07) is 1.99. The monoisotopic (exact) mass is 1570 g/mol. The molecule has 2 aromatic heterocycles. The summed E-state index contributed by atoms with van der Waals surface area (Å²) in [6.07, 6.45) is 7.05. The molecule has 3 heterocycles. The lowest BCUT2D eigenvalue weighted by Crippen LogP contribution is -2.62. The standard InChI is InChI=1S/C72H102N18O20S/c1-39(2)25-50(69(108)83-48(64(74)103)22-24-111-6)85-70(109)52(27-45-29-75-38-79-45)82-58(94)31-78-71(110)63(40(3)4)87-65(104)41(5)80-68(107)51(26-43-28-76-47-12-8-7-11-46(43)47)86-67(106)49(19-20-55(73)91)84-66(105)42-15-17-44(18-16-42)81-57(93)30-77-56(92)21-23-72(90(34-61(99)100)35-62(101)102)36-88(32-59(95)96)53-13-9-10-14-54(53)89(37-72)33-60(97)98/h7-8,11-12,15-18,28-29,38-41,48-54,63,76H,9-10,13-14,19-27,30-37H2,1-6H3,(H2,73,91)(H2,74,103)(H,75,79)(H,77,92)(H,78,110)(H,80,107)(H,81,93)(H,82,94)(H,83,108)(H,84,105)(H,85,109)(H,86,106)(H,87,104)(H,95,96)(H,97,98)(H,99,100)(H,101,102)/t41-,48-,49-,50-,51-,52-,53+,54+,63-/m0/s1. The van der Waals surface area contributed by atoms with Gasteiger partial charge in [0, 0.05) is 96.6 Å². The molecule has 39 heteroatoms. The third-order valence-corrected chi connectivity index (χ3v) is 19.7. The van der Waals surface area contributed by atoms with Crippen LogP contribution in [-0.2, 0) is 84.8 Å². The van der Waals surface area contributed by atoms with E-state index in [0.29, 0.717) is 53.6 Å². The Bertz CT molecular complexity index is 3920. The first kappa shape index (κ1) is 88.8. The van der Waals surface area contributed by atoms with Crippen LogP contribution in [0.2, 0.25) is 0 Å². The lowest BCUT2D eigenvalue weighted by molar-refractivity contribution is -0.148. The number of aromatic nitrogens is 3. The summed E-state index contributed by atoms with van der Waals surface area (Å²) in [5.41, 5.74) is 11.2. The summed E-state index contributed by atoms with van der Waals surface area (Å²) in [5, 5.41) is 66.5. The van der Waals surface area contributed by atoms with E-state index in [9.17, 15) is 97.1 Å². The van der Waals surface area contributed by atoms with Gasteiger partial charge in [0.05, 0.1) is 45.6 Å². The van der Waals surface area contributed by atoms with E-state index in [-0.39, 0.29) is 68.8 Å². The lowest BCUT2D eigenvalue weighted by Gasteiger charge is -2.45. The number of nitrogens with two attached hydrogens (primary N) is 2. The number of benzene rings is 2. The minimum Gasteiger partial charge on any atom is -0.480 e. The number of carbonyl (C=O) groups excluding carboxylic acids is 12. The number of nitrogens with zero attached hydrogens (tertiary/aromatic N) is 4. The van der Waals surface area contributed by atoms with Gasteiger partial charge in [0.2, 0.25) is 65.0 Å². The Morgan fingerprint density at radius 2 is 1.18 bits per heavy atom. The highest BCUT2D eigenvalue weighted by molar-refractivity contribution is 7.98. The van der Waals surface area contributed by atoms with Crippen LogP contribution in [0, 0.1) is 11.8 Å². The van der Waals surface area contributed by atoms with Crippen molar-refractivity contribution in [1.29, 1.82) is 0 Å². The largest absolute Gasteiger partial charge is 0.480 e. The van der Waals surface area contributed by atoms with Gasteiger partial charge in [0.25, 0.3) is 5.91 Å². The minimum atomic E-state index is -1.61. The van der Waals surface area contributed by atoms with Crippen molar-refractivity contribution < 1.29 is 97.1 Å². The number of fused-ring (bicyclic) bond motifs is 2. The van der Waals surface area contributed by atoms with Crippen LogP contribution in [0.3, 0.4) is 0 Å². The van der Waals surface area contributed by atoms with E-state index >= 15 is 0 Å². The highest BCUT2D eigenvalue weighted by atomic mass is 32.2. The number of hydrogen-bond acceptors (Lipinski definition) is 21. The molecule has 1 saturated heterocycles. The van der Waals surface area contributed by atoms with Crippen LogP contribution < -0.4 is 64.6 Å². The predicted octanol–water partition coefficient (Wildman–Crippen LogP) is -2.13. The van der Waals surface area contributed by atoms with E-state index in [1.54, 1.807) is 54.1 Å². The van der Waals surface area contributed by atoms with Gasteiger partial charge in [0.15, 0.2) is 0 Å². The fourth-order valence-corrected chi connectivity index (χ4v) is 14.0. The number of H-pyrrole nitrogens is 2. The molecule has 2 aliphatic rings. The molecule has 1 aliphatic carbocycles. The van der Waals surface area contributed by atoms with Crippen LogP contribution in [0.4, 0.5) is 5.69 Å². The summed E-state index contributed by atoms with van der Waals surface area (Å²) in [5.74, 6) is -15.4. The van der Waals surface area contributed by atoms with E-state index in [2.05, 4.69) is 68.1 Å². The Hall–Kier alpha value is -11.1. The zero-order valence-corrected chi connectivity index (χ0v) is 63.5. The number of amides is 12. The molecule has 2 fully saturated rings. The number of carbonyl (C=O) groups is 16. The van der Waals surface area contributed by atoms with Crippen LogP contribution in [0.5, 0.6) is 0 Å². The Morgan fingerprint density at radius 1 is 0.604 bits per heavy atom. The van der Waals surface area contributed by atoms with Crippen molar-refractivity contribution >= 4 is 123 Å². The second-order valence-electron chi connectivity index (χ2n) is 28.5. The SMILES string of the molecule is CSCC[C@H](NC(=O)[C@H](CC(C)C)NC(=O)[C@H](Cc1cnc[nH]1)NC(=O)CNC(=O)[C@@H](NC(=O)[C@H](C)NC(=O)[C@H](Cc1c[nH]c2ccccc12)NC(=O)[C@H](CCC(N)=O)NC(=O)c1ccc(NC(=O)CNC(=O)CCC2(N(CC(=O)O)CC(=O)O)CN(CC(=O)O)[C@@H]3CCCC[C@H]3N(CC(=O)O)C2)cc1)C(C)C)C(N)=O. The fourth-order valence-electron chi connectivity index (χ4n) is 13.5. The molecule has 2 aromatic carbocycles. The maximum absolute atomic E-state index is 14.5. The average Bonchev–Trinajstić information content (AvgIpc) is 1.64. The molecule has 1 aliphatic heterocycles. The number of rotatable bonds is 45. The summed E-state index contributed by atoms with van der Waals surface area (Å²) in [6.45, 7) is 3.53. The summed E-state index contributed by atoms with van der Waals surface area (Å²) < 4.78 is 0. The predicted molar refractivity (Wildman–Crippen MR) is 402 cm³/mol. The molecule has 12 amide bonds. The molecule has 0 unspecified atom stereocenters. The number of primary amides is 2. The number of aliphatic carboxylic acids is 4. The normalized spacial score (nSPS) is 16.8. The van der Waals surface area contributed by atoms with Crippen LogP contribution in [-0.4, -0.2) is 269 Å². The van der Waals surface area contributed by atoms with Gasteiger partial charge in [-0.05, 0) is 105 Å². The van der Waals surface area contributed by atoms with Crippen LogP contribution >= 0.6 is 11.8 Å². The highest BCUT2D eigenvalue weighted by Gasteiger charge is 2.50. The van der Waals surface area contributed by atoms with E-state index in [1.807, 2.05) is 20.1 Å². The number of carboxylic acids is 4. The van der Waals surface area contributed by atoms with E-state index in [4.69, 9.17) is 11.5 Å². The number of aromatic amines is 2. The molecule has 111 heavy (non-hydrogen) atoms. The lowest BCUT2D eigenvalue weighted by atomic mass is 9.88. The first-order valence-electron chi connectivity index (χ1n) is 36.3. The van der Waals surface area contributed by atoms with Crippen molar-refractivity contribution in [2.24, 2.45) is 23.3 Å². The average molecular weight is 1570 g/mol. The number of carboxylic acid groups (broad SMARTS) is 4. The fraction of sp³-hybridized carbons (Fsp3) is 0.542. The van der Waals surface area contributed by atoms with E-state index in [1.165, 1.54) is 55.5 Å². The molecule has 38 nitrogen and oxygen atoms in total. The van der Waals surface area contributed by atoms with Crippen molar-refractivity contribution in [2.45, 2.75) is 172 Å². The molecule has 20 N–H and O–H groups in total. The van der Waals surface area contributed by atoms with Crippen LogP contribution in [0.1, 0.15) is 120 Å². The molecule has 0 spiro atoms. The number of nitrogens with one attached hydrogen (secondary N) is 12. The molecule has 9 atom stereocenters. The van der Waals surface area contributed by atoms with E-state index in [0.717, 1.165) is 4.90 Å². The van der Waals surface area contributed by atoms with Crippen LogP contribution in [0.25, 0.3) is 10.9 Å². The maximum atomic E-state index is 14.5. The van der Waals surface area contributed by atoms with Gasteiger partial charge in [-0.2, -0.15) is 11.8 Å². The Morgan fingerprint density at radius 3 is 1.75 bits per heavy atom. The van der Waals surface area contributed by atoms with Crippen molar-refractivity contribution in [2.75, 3.05) is 69.7 Å². The number of thioether (sulfide) groups is 1. The Balaban J connectivity index is 1.10. The Labute approximate surface area is 643 Å². The molecular formula is C72H102N18O20S. The topological polar surface area (TPSA) is 581 Å². The quantitative estimate of drug-likeness (QED) is 0.0225. The van der Waals surface area contributed by atoms with Gasteiger partial charge < -0.3 is 95.0 Å². The second kappa shape index (κ2) is 42.8. The number of anilines is 1. The minimum absolute atomic E-state index is 0.0668. The van der Waals surface area contributed by atoms with Gasteiger partial charge in [-0.3, -0.25) is 91.4 Å². The van der Waals surface area contributed by atoms with E-state index < -0.39 is 213 Å². The third kappa shape index (κ3) is 28.1. The van der Waals surface area contributed by atoms with Crippen LogP contribution in [0.15, 0.2) is 67.3 Å². The first-order chi connectivity index (χ1) is 52.5. The van der Waals surface area contributed by atoms with Gasteiger partial charge in [-0.25, -0.2) is 4.98 Å². The Kier molecular flexibility index (Phi) is 34.2. The molecular weight excluding hydrogens is 1470 g/mol. The smallest absolute Gasteiger partial charge is 0.317 e. The number of hydrogen-bond donors (Lipinski definition) is 18. The zero-order chi connectivity index (χ0) is 81.8. The third-order valence-electron chi connectivity index (χ3n) is 19.0. The highest BCUT2D eigenvalue weighted by Crippen LogP contribution is 2.37. The van der Waals surface area contributed by atoms with Gasteiger partial charge in [0.1, 0.15) is 42.3 Å². The molecule has 606 valence electrons. The molecule has 4 aromatic rings. The molecule has 0 bridgehead atoms. The van der Waals surface area contributed by atoms with Gasteiger partial charge in [-0.1, -0.05) is 58.7 Å². The van der Waals surface area contributed by atoms with Crippen molar-refractivity contribution in [3.63, 3.8) is 0 Å². The summed E-state index contributed by atoms with van der Waals surface area (Å²) in [4.78, 5) is 227. The number of imidazole rings is 1. The van der Waals surface area contributed by atoms with Crippen molar-refractivity contribution in [3.8, 4) is 0 Å². The second-order valence-corrected chi connectivity index (χ2v) is 29.4. The molecule has 1 saturated carbocycles. The zero-order valence-electron chi connectivity index (χ0n) is 62.7. The summed E-state index contributed by atoms with van der Waals surface area (Å²) >= 11 is 1.45. The molecule has 0 radical (unpaired) electrons. The van der Waals surface area contributed by atoms with Crippen molar-refractivity contribution in [3.05, 3.63) is 84.1 Å². The van der Waals surface area contributed by atoms with Crippen molar-refractivity contribution in [1.82, 2.24) is 77.5 Å². The van der Waals surface area contributed by atoms with Gasteiger partial charge >= 0.3 is 23.9 Å².